The first-order valence-corrected chi connectivity index (χ1v) is 6.20. The predicted molar refractivity (Wildman–Crippen MR) is 71.9 cm³/mol. The minimum atomic E-state index is -1.26. The Labute approximate surface area is 112 Å². The van der Waals surface area contributed by atoms with E-state index in [4.69, 9.17) is 4.74 Å². The van der Waals surface area contributed by atoms with Crippen molar-refractivity contribution in [1.82, 2.24) is 0 Å². The molecular formula is C14H17NO4. The first kappa shape index (κ1) is 14.9. The number of rotatable bonds is 7. The number of ether oxygens (including phenoxy) is 1. The van der Waals surface area contributed by atoms with Gasteiger partial charge in [0.1, 0.15) is 0 Å². The van der Waals surface area contributed by atoms with Gasteiger partial charge in [0, 0.05) is 6.08 Å². The molecule has 1 unspecified atom stereocenters. The SMILES string of the molecule is CCCCC(OC(=O)C=Cc1ccccc1)[N+](=O)[O-]. The molecule has 0 aliphatic heterocycles. The molecule has 0 aliphatic carbocycles. The van der Waals surface area contributed by atoms with Gasteiger partial charge in [0.15, 0.2) is 0 Å². The molecule has 0 saturated carbocycles. The van der Waals surface area contributed by atoms with Gasteiger partial charge in [0.05, 0.1) is 11.3 Å². The normalized spacial score (nSPS) is 12.3. The van der Waals surface area contributed by atoms with Crippen LogP contribution in [0.5, 0.6) is 0 Å². The van der Waals surface area contributed by atoms with E-state index in [0.29, 0.717) is 6.42 Å². The van der Waals surface area contributed by atoms with Crippen molar-refractivity contribution in [3.63, 3.8) is 0 Å². The molecule has 19 heavy (non-hydrogen) atoms. The van der Waals surface area contributed by atoms with Crippen molar-refractivity contribution in [1.29, 1.82) is 0 Å². The maximum absolute atomic E-state index is 11.5. The molecule has 0 aromatic heterocycles. The Balaban J connectivity index is 2.53. The molecule has 1 atom stereocenters. The summed E-state index contributed by atoms with van der Waals surface area (Å²) in [6.07, 6.45) is 3.24. The zero-order chi connectivity index (χ0) is 14.1. The van der Waals surface area contributed by atoms with Gasteiger partial charge < -0.3 is 4.74 Å². The van der Waals surface area contributed by atoms with E-state index in [-0.39, 0.29) is 6.42 Å². The molecule has 0 fully saturated rings. The maximum Gasteiger partial charge on any atom is 0.356 e. The molecule has 5 nitrogen and oxygen atoms in total. The second-order valence-electron chi connectivity index (χ2n) is 4.06. The lowest BCUT2D eigenvalue weighted by atomic mass is 10.2. The molecule has 0 saturated heterocycles. The highest BCUT2D eigenvalue weighted by atomic mass is 16.7. The van der Waals surface area contributed by atoms with Gasteiger partial charge in [-0.2, -0.15) is 0 Å². The maximum atomic E-state index is 11.5. The summed E-state index contributed by atoms with van der Waals surface area (Å²) in [4.78, 5) is 21.6. The number of hydrogen-bond acceptors (Lipinski definition) is 4. The highest BCUT2D eigenvalue weighted by Gasteiger charge is 2.22. The number of nitro groups is 1. The van der Waals surface area contributed by atoms with E-state index in [2.05, 4.69) is 0 Å². The van der Waals surface area contributed by atoms with E-state index in [9.17, 15) is 14.9 Å². The van der Waals surface area contributed by atoms with Gasteiger partial charge >= 0.3 is 12.2 Å². The Kier molecular flexibility index (Phi) is 6.29. The molecule has 5 heteroatoms. The van der Waals surface area contributed by atoms with Crippen molar-refractivity contribution in [3.8, 4) is 0 Å². The summed E-state index contributed by atoms with van der Waals surface area (Å²) in [6, 6.07) is 9.19. The molecule has 0 spiro atoms. The molecular weight excluding hydrogens is 246 g/mol. The number of hydrogen-bond donors (Lipinski definition) is 0. The van der Waals surface area contributed by atoms with Crippen LogP contribution in [0.15, 0.2) is 36.4 Å². The highest BCUT2D eigenvalue weighted by molar-refractivity contribution is 5.87. The van der Waals surface area contributed by atoms with Crippen LogP contribution in [0.2, 0.25) is 0 Å². The van der Waals surface area contributed by atoms with Crippen LogP contribution in [0.25, 0.3) is 6.08 Å². The lowest BCUT2D eigenvalue weighted by Gasteiger charge is -2.08. The fourth-order valence-electron chi connectivity index (χ4n) is 1.49. The Morgan fingerprint density at radius 2 is 2.11 bits per heavy atom. The third kappa shape index (κ3) is 5.81. The number of unbranched alkanes of at least 4 members (excludes halogenated alkanes) is 1. The molecule has 0 amide bonds. The molecule has 0 N–H and O–H groups in total. The Bertz CT molecular complexity index is 442. The van der Waals surface area contributed by atoms with Crippen LogP contribution < -0.4 is 0 Å². The Morgan fingerprint density at radius 1 is 1.42 bits per heavy atom. The lowest BCUT2D eigenvalue weighted by molar-refractivity contribution is -0.568. The number of carbonyl (C=O) groups excluding carboxylic acids is 1. The van der Waals surface area contributed by atoms with Crippen LogP contribution in [0.1, 0.15) is 31.7 Å². The van der Waals surface area contributed by atoms with Crippen LogP contribution >= 0.6 is 0 Å². The van der Waals surface area contributed by atoms with Crippen LogP contribution in [0.4, 0.5) is 0 Å². The van der Waals surface area contributed by atoms with Crippen molar-refractivity contribution < 1.29 is 14.5 Å². The van der Waals surface area contributed by atoms with E-state index in [1.165, 1.54) is 6.08 Å². The summed E-state index contributed by atoms with van der Waals surface area (Å²) in [5, 5.41) is 10.7. The average molecular weight is 263 g/mol. The minimum Gasteiger partial charge on any atom is -0.395 e. The number of carbonyl (C=O) groups is 1. The minimum absolute atomic E-state index is 0.244. The summed E-state index contributed by atoms with van der Waals surface area (Å²) in [5.41, 5.74) is 0.839. The second kappa shape index (κ2) is 8.02. The van der Waals surface area contributed by atoms with Crippen LogP contribution in [-0.2, 0) is 9.53 Å². The van der Waals surface area contributed by atoms with Crippen LogP contribution in [-0.4, -0.2) is 17.1 Å². The zero-order valence-corrected chi connectivity index (χ0v) is 10.8. The fraction of sp³-hybridized carbons (Fsp3) is 0.357. The largest absolute Gasteiger partial charge is 0.395 e. The van der Waals surface area contributed by atoms with Gasteiger partial charge in [-0.15, -0.1) is 0 Å². The number of esters is 1. The molecule has 1 rings (SSSR count). The molecule has 1 aromatic carbocycles. The predicted octanol–water partition coefficient (Wildman–Crippen LogP) is 3.04. The quantitative estimate of drug-likeness (QED) is 0.249. The lowest BCUT2D eigenvalue weighted by Crippen LogP contribution is -2.25. The van der Waals surface area contributed by atoms with Crippen molar-refractivity contribution in [2.45, 2.75) is 32.4 Å². The summed E-state index contributed by atoms with van der Waals surface area (Å²) in [5.74, 6) is -0.693. The van der Waals surface area contributed by atoms with Gasteiger partial charge in [-0.05, 0) is 18.1 Å². The van der Waals surface area contributed by atoms with E-state index in [0.717, 1.165) is 12.0 Å². The Morgan fingerprint density at radius 3 is 2.68 bits per heavy atom. The number of nitrogens with zero attached hydrogens (tertiary/aromatic N) is 1. The smallest absolute Gasteiger partial charge is 0.356 e. The topological polar surface area (TPSA) is 69.4 Å². The monoisotopic (exact) mass is 263 g/mol. The van der Waals surface area contributed by atoms with Gasteiger partial charge in [0.2, 0.25) is 0 Å². The van der Waals surface area contributed by atoms with Crippen molar-refractivity contribution >= 4 is 12.0 Å². The van der Waals surface area contributed by atoms with Crippen LogP contribution in [0, 0.1) is 10.1 Å². The van der Waals surface area contributed by atoms with E-state index < -0.39 is 17.1 Å². The summed E-state index contributed by atoms with van der Waals surface area (Å²) >= 11 is 0. The van der Waals surface area contributed by atoms with E-state index in [1.54, 1.807) is 6.08 Å². The molecule has 102 valence electrons. The average Bonchev–Trinajstić information content (AvgIpc) is 2.42. The molecule has 0 radical (unpaired) electrons. The van der Waals surface area contributed by atoms with E-state index >= 15 is 0 Å². The zero-order valence-electron chi connectivity index (χ0n) is 10.8. The third-order valence-electron chi connectivity index (χ3n) is 2.50. The molecule has 0 heterocycles. The van der Waals surface area contributed by atoms with E-state index in [1.807, 2.05) is 37.3 Å². The van der Waals surface area contributed by atoms with Crippen molar-refractivity contribution in [2.24, 2.45) is 0 Å². The van der Waals surface area contributed by atoms with Crippen LogP contribution in [0.3, 0.4) is 0 Å². The second-order valence-corrected chi connectivity index (χ2v) is 4.06. The summed E-state index contributed by atoms with van der Waals surface area (Å²) < 4.78 is 4.81. The first-order valence-electron chi connectivity index (χ1n) is 6.20. The van der Waals surface area contributed by atoms with Gasteiger partial charge in [-0.1, -0.05) is 43.7 Å². The standard InChI is InChI=1S/C14H17NO4/c1-2-3-9-13(15(17)18)19-14(16)11-10-12-7-5-4-6-8-12/h4-8,10-11,13H,2-3,9H2,1H3. The van der Waals surface area contributed by atoms with Gasteiger partial charge in [0.25, 0.3) is 0 Å². The van der Waals surface area contributed by atoms with Crippen molar-refractivity contribution in [2.75, 3.05) is 0 Å². The Hall–Kier alpha value is -2.17. The van der Waals surface area contributed by atoms with Crippen molar-refractivity contribution in [3.05, 3.63) is 52.1 Å². The molecule has 0 aliphatic rings. The third-order valence-corrected chi connectivity index (χ3v) is 2.50. The van der Waals surface area contributed by atoms with Gasteiger partial charge in [-0.3, -0.25) is 10.1 Å². The molecule has 0 bridgehead atoms. The number of benzene rings is 1. The summed E-state index contributed by atoms with van der Waals surface area (Å²) in [6.45, 7) is 1.92. The summed E-state index contributed by atoms with van der Waals surface area (Å²) in [7, 11) is 0. The first-order chi connectivity index (χ1) is 9.13. The molecule has 1 aromatic rings. The van der Waals surface area contributed by atoms with Gasteiger partial charge in [-0.25, -0.2) is 4.79 Å². The fourth-order valence-corrected chi connectivity index (χ4v) is 1.49. The highest BCUT2D eigenvalue weighted by Crippen LogP contribution is 2.07.